The molecule has 1 aliphatic heterocycles. The number of carbonyl (C=O) groups is 1. The molecule has 12 nitrogen and oxygen atoms in total. The number of benzene rings is 2. The second-order valence-electron chi connectivity index (χ2n) is 6.67. The fourth-order valence-corrected chi connectivity index (χ4v) is 4.12. The molecule has 13 heteroatoms. The number of nitro benzene ring substituents is 1. The van der Waals surface area contributed by atoms with Crippen LogP contribution in [0, 0.1) is 10.1 Å². The van der Waals surface area contributed by atoms with Crippen LogP contribution in [0.3, 0.4) is 0 Å². The summed E-state index contributed by atoms with van der Waals surface area (Å²) >= 11 is 0. The number of non-ortho nitro benzene ring substituents is 1. The summed E-state index contributed by atoms with van der Waals surface area (Å²) in [7, 11) is -3.72. The third-order valence-corrected chi connectivity index (χ3v) is 5.85. The van der Waals surface area contributed by atoms with Gasteiger partial charge in [-0.25, -0.2) is 13.2 Å². The molecule has 0 saturated heterocycles. The normalized spacial score (nSPS) is 16.2. The van der Waals surface area contributed by atoms with Crippen LogP contribution in [0.15, 0.2) is 62.8 Å². The lowest BCUT2D eigenvalue weighted by atomic mass is 10.2. The maximum Gasteiger partial charge on any atom is 0.331 e. The molecule has 0 radical (unpaired) electrons. The van der Waals surface area contributed by atoms with Gasteiger partial charge in [0.05, 0.1) is 9.82 Å². The fraction of sp³-hybridized carbons (Fsp3) is 0.158. The van der Waals surface area contributed by atoms with Crippen molar-refractivity contribution in [2.24, 2.45) is 4.99 Å². The van der Waals surface area contributed by atoms with Crippen molar-refractivity contribution in [3.63, 3.8) is 0 Å². The molecular weight excluding hydrogens is 442 g/mol. The van der Waals surface area contributed by atoms with Gasteiger partial charge in [0.15, 0.2) is 6.61 Å². The van der Waals surface area contributed by atoms with Crippen molar-refractivity contribution >= 4 is 27.5 Å². The quantitative estimate of drug-likeness (QED) is 0.330. The SMILES string of the molecule is CC(N=C1NS(=O)(=O)c2ccccc21)C(=O)OCc1nnc(-c2ccc([N+](=O)[O-])cc2)o1. The molecular formula is C19H15N5O7S. The van der Waals surface area contributed by atoms with E-state index in [4.69, 9.17) is 9.15 Å². The number of esters is 1. The number of nitrogens with one attached hydrogen (secondary N) is 1. The fourth-order valence-electron chi connectivity index (χ4n) is 2.88. The molecule has 0 bridgehead atoms. The number of nitrogens with zero attached hydrogens (tertiary/aromatic N) is 4. The van der Waals surface area contributed by atoms with Gasteiger partial charge in [0.1, 0.15) is 11.9 Å². The number of hydrogen-bond donors (Lipinski definition) is 1. The molecule has 1 aromatic heterocycles. The number of sulfonamides is 1. The second-order valence-corrected chi connectivity index (χ2v) is 8.32. The van der Waals surface area contributed by atoms with Crippen LogP contribution in [0.25, 0.3) is 11.5 Å². The minimum atomic E-state index is -3.72. The molecule has 2 aromatic carbocycles. The van der Waals surface area contributed by atoms with E-state index in [-0.39, 0.29) is 34.8 Å². The number of nitro groups is 1. The lowest BCUT2D eigenvalue weighted by molar-refractivity contribution is -0.384. The van der Waals surface area contributed by atoms with Crippen molar-refractivity contribution in [1.82, 2.24) is 14.9 Å². The van der Waals surface area contributed by atoms with Crippen LogP contribution in [0.5, 0.6) is 0 Å². The van der Waals surface area contributed by atoms with Crippen LogP contribution in [0.2, 0.25) is 0 Å². The zero-order valence-corrected chi connectivity index (χ0v) is 17.3. The molecule has 0 fully saturated rings. The summed E-state index contributed by atoms with van der Waals surface area (Å²) < 4.78 is 37.1. The second kappa shape index (κ2) is 8.19. The van der Waals surface area contributed by atoms with Crippen molar-refractivity contribution in [1.29, 1.82) is 0 Å². The number of hydrogen-bond acceptors (Lipinski definition) is 10. The average Bonchev–Trinajstić information content (AvgIpc) is 3.35. The van der Waals surface area contributed by atoms with Gasteiger partial charge in [-0.2, -0.15) is 0 Å². The van der Waals surface area contributed by atoms with E-state index in [2.05, 4.69) is 19.9 Å². The molecule has 1 aliphatic rings. The minimum absolute atomic E-state index is 0.0125. The van der Waals surface area contributed by atoms with E-state index < -0.39 is 27.0 Å². The number of ether oxygens (including phenoxy) is 1. The van der Waals surface area contributed by atoms with E-state index in [1.165, 1.54) is 37.3 Å². The third-order valence-electron chi connectivity index (χ3n) is 4.46. The number of amidine groups is 1. The van der Waals surface area contributed by atoms with Crippen molar-refractivity contribution in [2.75, 3.05) is 0 Å². The molecule has 0 saturated carbocycles. The van der Waals surface area contributed by atoms with Gasteiger partial charge >= 0.3 is 5.97 Å². The molecule has 3 aromatic rings. The van der Waals surface area contributed by atoms with E-state index in [0.717, 1.165) is 0 Å². The van der Waals surface area contributed by atoms with Crippen LogP contribution < -0.4 is 4.72 Å². The summed E-state index contributed by atoms with van der Waals surface area (Å²) in [5.41, 5.74) is 0.759. The molecule has 1 unspecified atom stereocenters. The number of carbonyl (C=O) groups excluding carboxylic acids is 1. The predicted octanol–water partition coefficient (Wildman–Crippen LogP) is 1.82. The molecule has 0 aliphatic carbocycles. The van der Waals surface area contributed by atoms with Gasteiger partial charge in [-0.1, -0.05) is 12.1 Å². The lowest BCUT2D eigenvalue weighted by Crippen LogP contribution is -2.26. The highest BCUT2D eigenvalue weighted by Crippen LogP contribution is 2.23. The Hall–Kier alpha value is -4.13. The van der Waals surface area contributed by atoms with Gasteiger partial charge in [0, 0.05) is 23.3 Å². The Balaban J connectivity index is 1.40. The monoisotopic (exact) mass is 457 g/mol. The summed E-state index contributed by atoms with van der Waals surface area (Å²) in [5, 5.41) is 18.3. The minimum Gasteiger partial charge on any atom is -0.454 e. The number of fused-ring (bicyclic) bond motifs is 1. The van der Waals surface area contributed by atoms with E-state index in [9.17, 15) is 23.3 Å². The van der Waals surface area contributed by atoms with Crippen LogP contribution >= 0.6 is 0 Å². The third kappa shape index (κ3) is 4.18. The standard InChI is InChI=1S/C19H15N5O7S/c1-11(20-17-14-4-2-3-5-15(14)32(28,29)23-17)19(25)30-10-16-21-22-18(31-16)12-6-8-13(9-7-12)24(26)27/h2-9,11H,10H2,1H3,(H,20,23). The lowest BCUT2D eigenvalue weighted by Gasteiger charge is -2.07. The number of aromatic nitrogens is 2. The number of aliphatic imine (C=N–C) groups is 1. The molecule has 164 valence electrons. The predicted molar refractivity (Wildman–Crippen MR) is 109 cm³/mol. The highest BCUT2D eigenvalue weighted by molar-refractivity contribution is 7.90. The van der Waals surface area contributed by atoms with Crippen LogP contribution in [0.4, 0.5) is 5.69 Å². The summed E-state index contributed by atoms with van der Waals surface area (Å²) in [6, 6.07) is 10.8. The Labute approximate surface area is 181 Å². The van der Waals surface area contributed by atoms with Gasteiger partial charge in [0.2, 0.25) is 5.89 Å². The smallest absolute Gasteiger partial charge is 0.331 e. The van der Waals surface area contributed by atoms with Crippen LogP contribution in [0.1, 0.15) is 18.4 Å². The van der Waals surface area contributed by atoms with Gasteiger partial charge in [-0.05, 0) is 31.2 Å². The topological polar surface area (TPSA) is 167 Å². The Bertz CT molecular complexity index is 1330. The first-order chi connectivity index (χ1) is 15.2. The first-order valence-electron chi connectivity index (χ1n) is 9.18. The summed E-state index contributed by atoms with van der Waals surface area (Å²) in [6.07, 6.45) is 0. The maximum absolute atomic E-state index is 12.3. The van der Waals surface area contributed by atoms with Gasteiger partial charge in [-0.15, -0.1) is 10.2 Å². The molecule has 0 spiro atoms. The van der Waals surface area contributed by atoms with Gasteiger partial charge in [-0.3, -0.25) is 19.8 Å². The van der Waals surface area contributed by atoms with Gasteiger partial charge < -0.3 is 9.15 Å². The highest BCUT2D eigenvalue weighted by Gasteiger charge is 2.31. The highest BCUT2D eigenvalue weighted by atomic mass is 32.2. The van der Waals surface area contributed by atoms with Crippen LogP contribution in [-0.2, 0) is 26.2 Å². The van der Waals surface area contributed by atoms with Gasteiger partial charge in [0.25, 0.3) is 21.6 Å². The Kier molecular flexibility index (Phi) is 5.40. The first kappa shape index (κ1) is 21.1. The Morgan fingerprint density at radius 3 is 2.66 bits per heavy atom. The van der Waals surface area contributed by atoms with Crippen molar-refractivity contribution in [2.45, 2.75) is 24.5 Å². The molecule has 2 heterocycles. The molecule has 4 rings (SSSR count). The van der Waals surface area contributed by atoms with Crippen molar-refractivity contribution in [3.05, 3.63) is 70.1 Å². The molecule has 0 amide bonds. The van der Waals surface area contributed by atoms with Crippen molar-refractivity contribution < 1.29 is 27.3 Å². The zero-order chi connectivity index (χ0) is 22.9. The van der Waals surface area contributed by atoms with Crippen molar-refractivity contribution in [3.8, 4) is 11.5 Å². The number of rotatable bonds is 6. The largest absolute Gasteiger partial charge is 0.454 e. The van der Waals surface area contributed by atoms with E-state index in [0.29, 0.717) is 11.1 Å². The first-order valence-corrected chi connectivity index (χ1v) is 10.7. The molecule has 32 heavy (non-hydrogen) atoms. The van der Waals surface area contributed by atoms with E-state index in [1.54, 1.807) is 18.2 Å². The van der Waals surface area contributed by atoms with Crippen LogP contribution in [-0.4, -0.2) is 41.4 Å². The summed E-state index contributed by atoms with van der Waals surface area (Å²) in [5.74, 6) is -0.547. The average molecular weight is 457 g/mol. The zero-order valence-electron chi connectivity index (χ0n) is 16.5. The summed E-state index contributed by atoms with van der Waals surface area (Å²) in [6.45, 7) is 1.14. The molecule has 1 atom stereocenters. The maximum atomic E-state index is 12.3. The van der Waals surface area contributed by atoms with E-state index >= 15 is 0 Å². The summed E-state index contributed by atoms with van der Waals surface area (Å²) in [4.78, 5) is 26.7. The Morgan fingerprint density at radius 2 is 1.94 bits per heavy atom. The molecule has 1 N–H and O–H groups in total. The van der Waals surface area contributed by atoms with E-state index in [1.807, 2.05) is 0 Å². The Morgan fingerprint density at radius 1 is 1.22 bits per heavy atom.